The summed E-state index contributed by atoms with van der Waals surface area (Å²) in [6, 6.07) is 2.21. The Kier molecular flexibility index (Phi) is 3.69. The van der Waals surface area contributed by atoms with Crippen LogP contribution in [0.3, 0.4) is 0 Å². The second-order valence-electron chi connectivity index (χ2n) is 9.35. The number of fused-ring (bicyclic) bond motifs is 5. The van der Waals surface area contributed by atoms with Crippen LogP contribution < -0.4 is 0 Å². The van der Waals surface area contributed by atoms with E-state index < -0.39 is 0 Å². The number of aliphatic hydroxyl groups is 1. The lowest BCUT2D eigenvalue weighted by Gasteiger charge is -2.59. The Balaban J connectivity index is 1.70. The monoisotopic (exact) mass is 327 g/mol. The maximum Gasteiger partial charge on any atom is 0.137 e. The summed E-state index contributed by atoms with van der Waals surface area (Å²) in [4.78, 5) is 13.3. The van der Waals surface area contributed by atoms with Gasteiger partial charge in [0.25, 0.3) is 0 Å². The molecule has 0 saturated heterocycles. The predicted molar refractivity (Wildman–Crippen MR) is 91.8 cm³/mol. The number of hydrogen-bond donors (Lipinski definition) is 1. The van der Waals surface area contributed by atoms with Crippen molar-refractivity contribution in [2.24, 2.45) is 34.5 Å². The quantitative estimate of drug-likeness (QED) is 0.684. The van der Waals surface area contributed by atoms with E-state index in [9.17, 15) is 9.90 Å². The summed E-state index contributed by atoms with van der Waals surface area (Å²) in [7, 11) is 0. The maximum atomic E-state index is 13.3. The highest BCUT2D eigenvalue weighted by Crippen LogP contribution is 2.66. The number of carbonyl (C=O) groups is 1. The first-order valence-electron chi connectivity index (χ1n) is 9.70. The van der Waals surface area contributed by atoms with Crippen molar-refractivity contribution < 1.29 is 9.90 Å². The minimum Gasteiger partial charge on any atom is -0.393 e. The Morgan fingerprint density at radius 1 is 1.25 bits per heavy atom. The molecule has 3 nitrogen and oxygen atoms in total. The third-order valence-electron chi connectivity index (χ3n) is 8.41. The normalized spacial score (nSPS) is 52.3. The van der Waals surface area contributed by atoms with Crippen molar-refractivity contribution in [2.75, 3.05) is 0 Å². The van der Waals surface area contributed by atoms with Gasteiger partial charge >= 0.3 is 0 Å². The van der Waals surface area contributed by atoms with Crippen molar-refractivity contribution in [1.29, 1.82) is 5.26 Å². The number of ketones is 1. The summed E-state index contributed by atoms with van der Waals surface area (Å²) < 4.78 is 0. The zero-order valence-electron chi connectivity index (χ0n) is 14.9. The van der Waals surface area contributed by atoms with Crippen LogP contribution in [0.25, 0.3) is 0 Å². The minimum absolute atomic E-state index is 0.0780. The Bertz CT molecular complexity index is 632. The second-order valence-corrected chi connectivity index (χ2v) is 9.35. The van der Waals surface area contributed by atoms with Crippen molar-refractivity contribution in [2.45, 2.75) is 71.3 Å². The molecule has 0 amide bonds. The van der Waals surface area contributed by atoms with Crippen LogP contribution in [0, 0.1) is 45.8 Å². The summed E-state index contributed by atoms with van der Waals surface area (Å²) in [5.41, 5.74) is 1.22. The Labute approximate surface area is 145 Å². The van der Waals surface area contributed by atoms with E-state index in [0.29, 0.717) is 30.0 Å². The lowest BCUT2D eigenvalue weighted by atomic mass is 9.44. The van der Waals surface area contributed by atoms with Gasteiger partial charge in [-0.3, -0.25) is 4.79 Å². The molecule has 3 heteroatoms. The van der Waals surface area contributed by atoms with Gasteiger partial charge in [-0.1, -0.05) is 19.4 Å². The third kappa shape index (κ3) is 2.08. The zero-order valence-corrected chi connectivity index (χ0v) is 14.9. The molecule has 4 aliphatic carbocycles. The van der Waals surface area contributed by atoms with Crippen LogP contribution in [0.4, 0.5) is 0 Å². The summed E-state index contributed by atoms with van der Waals surface area (Å²) in [5, 5.41) is 19.2. The lowest BCUT2D eigenvalue weighted by molar-refractivity contribution is -0.157. The molecule has 0 aromatic rings. The molecule has 4 fully saturated rings. The van der Waals surface area contributed by atoms with Gasteiger partial charge in [0.15, 0.2) is 0 Å². The molecule has 1 N–H and O–H groups in total. The number of nitrogens with zero attached hydrogens (tertiary/aromatic N) is 1. The third-order valence-corrected chi connectivity index (χ3v) is 8.41. The number of nitriles is 1. The number of carbonyl (C=O) groups excluding carboxylic acids is 1. The topological polar surface area (TPSA) is 61.1 Å². The van der Waals surface area contributed by atoms with Gasteiger partial charge in [-0.05, 0) is 73.5 Å². The van der Waals surface area contributed by atoms with Gasteiger partial charge < -0.3 is 5.11 Å². The van der Waals surface area contributed by atoms with E-state index in [4.69, 9.17) is 5.26 Å². The largest absolute Gasteiger partial charge is 0.393 e. The SMILES string of the molecule is C[C@]12CC[C@@H](O)C[C@@H]1CC[C@@H]1[C@@H]2C(=O)C[C@]2(C)/C(=C/C#N)CC[C@@H]12. The van der Waals surface area contributed by atoms with Gasteiger partial charge in [0.05, 0.1) is 12.2 Å². The van der Waals surface area contributed by atoms with E-state index in [0.717, 1.165) is 44.9 Å². The first-order chi connectivity index (χ1) is 11.4. The fourth-order valence-corrected chi connectivity index (χ4v) is 7.21. The summed E-state index contributed by atoms with van der Waals surface area (Å²) >= 11 is 0. The molecule has 4 rings (SSSR count). The Hall–Kier alpha value is -1.14. The molecule has 24 heavy (non-hydrogen) atoms. The van der Waals surface area contributed by atoms with Gasteiger partial charge in [-0.25, -0.2) is 0 Å². The van der Waals surface area contributed by atoms with E-state index in [1.807, 2.05) is 0 Å². The van der Waals surface area contributed by atoms with Gasteiger partial charge in [-0.15, -0.1) is 0 Å². The highest BCUT2D eigenvalue weighted by Gasteiger charge is 2.62. The maximum absolute atomic E-state index is 13.3. The van der Waals surface area contributed by atoms with Gasteiger partial charge in [0, 0.05) is 18.4 Å². The van der Waals surface area contributed by atoms with E-state index in [2.05, 4.69) is 19.9 Å². The van der Waals surface area contributed by atoms with Crippen LogP contribution in [-0.4, -0.2) is 17.0 Å². The molecular weight excluding hydrogens is 298 g/mol. The van der Waals surface area contributed by atoms with Crippen molar-refractivity contribution >= 4 is 5.78 Å². The van der Waals surface area contributed by atoms with Crippen LogP contribution in [0.5, 0.6) is 0 Å². The molecule has 0 unspecified atom stereocenters. The van der Waals surface area contributed by atoms with Crippen LogP contribution in [0.1, 0.15) is 65.2 Å². The van der Waals surface area contributed by atoms with E-state index in [1.165, 1.54) is 5.57 Å². The molecule has 0 radical (unpaired) electrons. The first kappa shape index (κ1) is 16.3. The minimum atomic E-state index is -0.166. The molecule has 0 heterocycles. The van der Waals surface area contributed by atoms with Crippen molar-refractivity contribution in [3.8, 4) is 6.07 Å². The standard InChI is InChI=1S/C21H29NO2/c1-20-9-7-15(23)11-14(20)3-5-16-17-6-4-13(8-10-22)21(17,2)12-18(24)19(16)20/h8,14-17,19,23H,3-7,9,11-12H2,1-2H3/b13-8+/t14-,15+,16-,17-,19+,20-,21+/m0/s1. The van der Waals surface area contributed by atoms with E-state index in [-0.39, 0.29) is 22.9 Å². The van der Waals surface area contributed by atoms with Crippen molar-refractivity contribution in [3.63, 3.8) is 0 Å². The number of Topliss-reactive ketones (excluding diaryl/α,β-unsaturated/α-hetero) is 1. The molecule has 0 spiro atoms. The molecular formula is C21H29NO2. The van der Waals surface area contributed by atoms with Gasteiger partial charge in [0.1, 0.15) is 5.78 Å². The van der Waals surface area contributed by atoms with Crippen LogP contribution in [-0.2, 0) is 4.79 Å². The fraction of sp³-hybridized carbons (Fsp3) is 0.810. The summed E-state index contributed by atoms with van der Waals surface area (Å²) in [6.07, 6.45) is 9.33. The molecule has 4 saturated carbocycles. The molecule has 130 valence electrons. The Morgan fingerprint density at radius 2 is 2.04 bits per heavy atom. The number of hydrogen-bond acceptors (Lipinski definition) is 3. The average Bonchev–Trinajstić information content (AvgIpc) is 2.84. The highest BCUT2D eigenvalue weighted by atomic mass is 16.3. The highest BCUT2D eigenvalue weighted by molar-refractivity contribution is 5.85. The first-order valence-corrected chi connectivity index (χ1v) is 9.70. The smallest absolute Gasteiger partial charge is 0.137 e. The van der Waals surface area contributed by atoms with Crippen LogP contribution in [0.15, 0.2) is 11.6 Å². The van der Waals surface area contributed by atoms with Crippen LogP contribution >= 0.6 is 0 Å². The molecule has 0 aromatic carbocycles. The average molecular weight is 327 g/mol. The summed E-state index contributed by atoms with van der Waals surface area (Å²) in [6.45, 7) is 4.57. The fourth-order valence-electron chi connectivity index (χ4n) is 7.21. The number of aliphatic hydroxyl groups excluding tert-OH is 1. The second kappa shape index (κ2) is 5.43. The van der Waals surface area contributed by atoms with E-state index in [1.54, 1.807) is 6.08 Å². The predicted octanol–water partition coefficient (Wildman–Crippen LogP) is 4.02. The zero-order chi connectivity index (χ0) is 17.1. The summed E-state index contributed by atoms with van der Waals surface area (Å²) in [5.74, 6) is 2.17. The molecule has 0 aliphatic heterocycles. The molecule has 4 aliphatic rings. The number of rotatable bonds is 0. The van der Waals surface area contributed by atoms with Crippen molar-refractivity contribution in [3.05, 3.63) is 11.6 Å². The van der Waals surface area contributed by atoms with Gasteiger partial charge in [-0.2, -0.15) is 5.26 Å². The van der Waals surface area contributed by atoms with E-state index >= 15 is 0 Å². The number of allylic oxidation sites excluding steroid dienone is 2. The lowest BCUT2D eigenvalue weighted by Crippen LogP contribution is -2.57. The molecule has 0 aromatic heterocycles. The Morgan fingerprint density at radius 3 is 2.79 bits per heavy atom. The van der Waals surface area contributed by atoms with Crippen molar-refractivity contribution in [1.82, 2.24) is 0 Å². The van der Waals surface area contributed by atoms with Crippen LogP contribution in [0.2, 0.25) is 0 Å². The molecule has 7 atom stereocenters. The molecule has 0 bridgehead atoms. The van der Waals surface area contributed by atoms with Gasteiger partial charge in [0.2, 0.25) is 0 Å².